The lowest BCUT2D eigenvalue weighted by Gasteiger charge is -2.31. The number of methoxy groups -OCH3 is 1. The Morgan fingerprint density at radius 2 is 1.81 bits per heavy atom. The maximum atomic E-state index is 14.1. The molecule has 3 heterocycles. The molecular weight excluding hydrogens is 418 g/mol. The molecule has 2 aromatic heterocycles. The summed E-state index contributed by atoms with van der Waals surface area (Å²) >= 11 is 1.54. The molecule has 1 saturated heterocycles. The van der Waals surface area contributed by atoms with Crippen LogP contribution in [0.15, 0.2) is 58.7 Å². The fourth-order valence-corrected chi connectivity index (χ4v) is 5.58. The van der Waals surface area contributed by atoms with Gasteiger partial charge in [0, 0.05) is 22.5 Å². The Morgan fingerprint density at radius 3 is 2.50 bits per heavy atom. The highest BCUT2D eigenvalue weighted by Gasteiger charge is 2.25. The number of fused-ring (bicyclic) bond motifs is 1. The highest BCUT2D eigenvalue weighted by atomic mass is 32.1. The summed E-state index contributed by atoms with van der Waals surface area (Å²) in [6.07, 6.45) is 1.90. The maximum absolute atomic E-state index is 14.1. The molecule has 164 valence electrons. The first-order valence-electron chi connectivity index (χ1n) is 11.0. The van der Waals surface area contributed by atoms with E-state index in [0.29, 0.717) is 0 Å². The zero-order valence-corrected chi connectivity index (χ0v) is 19.5. The van der Waals surface area contributed by atoms with Gasteiger partial charge in [0.1, 0.15) is 16.4 Å². The molecule has 0 amide bonds. The van der Waals surface area contributed by atoms with E-state index >= 15 is 0 Å². The fraction of sp³-hybridized carbons (Fsp3) is 0.308. The first kappa shape index (κ1) is 20.9. The Bertz CT molecular complexity index is 1320. The number of hydrogen-bond donors (Lipinski definition) is 0. The Hall–Kier alpha value is -2.96. The second kappa shape index (κ2) is 8.52. The minimum atomic E-state index is 0.0631. The normalized spacial score (nSPS) is 15.3. The van der Waals surface area contributed by atoms with Gasteiger partial charge in [-0.2, -0.15) is 0 Å². The van der Waals surface area contributed by atoms with E-state index in [1.54, 1.807) is 7.11 Å². The molecule has 1 aliphatic heterocycles. The summed E-state index contributed by atoms with van der Waals surface area (Å²) in [4.78, 5) is 22.2. The van der Waals surface area contributed by atoms with Crippen LogP contribution in [0.3, 0.4) is 0 Å². The molecule has 0 radical (unpaired) electrons. The maximum Gasteiger partial charge on any atom is 0.263 e. The highest BCUT2D eigenvalue weighted by Crippen LogP contribution is 2.36. The predicted octanol–water partition coefficient (Wildman–Crippen LogP) is 5.38. The van der Waals surface area contributed by atoms with Crippen LogP contribution >= 0.6 is 11.3 Å². The average molecular weight is 446 g/mol. The number of likely N-dealkylation sites (tertiary alicyclic amines) is 1. The molecule has 5 rings (SSSR count). The molecule has 5 nitrogen and oxygen atoms in total. The highest BCUT2D eigenvalue weighted by molar-refractivity contribution is 7.17. The number of ether oxygens (including phenoxy) is 1. The summed E-state index contributed by atoms with van der Waals surface area (Å²) in [7, 11) is 3.82. The van der Waals surface area contributed by atoms with E-state index in [4.69, 9.17) is 9.72 Å². The van der Waals surface area contributed by atoms with Crippen molar-refractivity contribution in [3.8, 4) is 28.3 Å². The summed E-state index contributed by atoms with van der Waals surface area (Å²) in [6, 6.07) is 16.3. The standard InChI is InChI=1S/C26H27N3O2S/c1-17-15-19(9-10-22(17)31-3)21-16-32-25-23(21)26(30)29(20-11-13-28(2)14-12-20)24(27-25)18-7-5-4-6-8-18/h4-10,15-16,20H,11-14H2,1-3H3. The lowest BCUT2D eigenvalue weighted by atomic mass is 10.0. The van der Waals surface area contributed by atoms with E-state index in [9.17, 15) is 4.79 Å². The lowest BCUT2D eigenvalue weighted by molar-refractivity contribution is 0.219. The van der Waals surface area contributed by atoms with Gasteiger partial charge >= 0.3 is 0 Å². The first-order chi connectivity index (χ1) is 15.6. The second-order valence-corrected chi connectivity index (χ2v) is 9.38. The van der Waals surface area contributed by atoms with Gasteiger partial charge in [0.05, 0.1) is 12.5 Å². The topological polar surface area (TPSA) is 47.4 Å². The van der Waals surface area contributed by atoms with E-state index < -0.39 is 0 Å². The van der Waals surface area contributed by atoms with Crippen LogP contribution in [0, 0.1) is 6.92 Å². The van der Waals surface area contributed by atoms with E-state index in [1.165, 1.54) is 11.3 Å². The number of nitrogens with zero attached hydrogens (tertiary/aromatic N) is 3. The van der Waals surface area contributed by atoms with E-state index in [-0.39, 0.29) is 11.6 Å². The van der Waals surface area contributed by atoms with Gasteiger partial charge in [0.2, 0.25) is 0 Å². The zero-order chi connectivity index (χ0) is 22.2. The van der Waals surface area contributed by atoms with E-state index in [0.717, 1.165) is 70.0 Å². The third kappa shape index (κ3) is 3.63. The van der Waals surface area contributed by atoms with Gasteiger partial charge in [-0.05, 0) is 63.2 Å². The van der Waals surface area contributed by atoms with Crippen LogP contribution < -0.4 is 10.3 Å². The van der Waals surface area contributed by atoms with Crippen LogP contribution in [-0.2, 0) is 0 Å². The van der Waals surface area contributed by atoms with Gasteiger partial charge in [-0.25, -0.2) is 4.98 Å². The number of aromatic nitrogens is 2. The summed E-state index contributed by atoms with van der Waals surface area (Å²) in [5.41, 5.74) is 4.08. The van der Waals surface area contributed by atoms with Crippen LogP contribution in [0.25, 0.3) is 32.7 Å². The smallest absolute Gasteiger partial charge is 0.263 e. The predicted molar refractivity (Wildman–Crippen MR) is 132 cm³/mol. The number of thiophene rings is 1. The minimum Gasteiger partial charge on any atom is -0.496 e. The van der Waals surface area contributed by atoms with Crippen molar-refractivity contribution in [3.05, 3.63) is 69.8 Å². The number of piperidine rings is 1. The average Bonchev–Trinajstić information content (AvgIpc) is 3.25. The molecular formula is C26H27N3O2S. The molecule has 4 aromatic rings. The molecule has 0 aliphatic carbocycles. The van der Waals surface area contributed by atoms with Crippen molar-refractivity contribution in [2.75, 3.05) is 27.2 Å². The molecule has 0 spiro atoms. The van der Waals surface area contributed by atoms with Crippen LogP contribution in [0.4, 0.5) is 0 Å². The molecule has 0 unspecified atom stereocenters. The zero-order valence-electron chi connectivity index (χ0n) is 18.7. The van der Waals surface area contributed by atoms with Crippen LogP contribution in [0.2, 0.25) is 0 Å². The van der Waals surface area contributed by atoms with Gasteiger partial charge in [-0.1, -0.05) is 36.4 Å². The van der Waals surface area contributed by atoms with Crippen molar-refractivity contribution in [1.82, 2.24) is 14.5 Å². The van der Waals surface area contributed by atoms with Crippen molar-refractivity contribution in [2.24, 2.45) is 0 Å². The Labute approximate surface area is 191 Å². The third-order valence-corrected chi connectivity index (χ3v) is 7.30. The van der Waals surface area contributed by atoms with Crippen LogP contribution in [0.1, 0.15) is 24.4 Å². The summed E-state index contributed by atoms with van der Waals surface area (Å²) < 4.78 is 7.39. The van der Waals surface area contributed by atoms with Crippen molar-refractivity contribution in [2.45, 2.75) is 25.8 Å². The van der Waals surface area contributed by atoms with Crippen LogP contribution in [-0.4, -0.2) is 41.7 Å². The molecule has 32 heavy (non-hydrogen) atoms. The monoisotopic (exact) mass is 445 g/mol. The summed E-state index contributed by atoms with van der Waals surface area (Å²) in [5.74, 6) is 1.62. The fourth-order valence-electron chi connectivity index (χ4n) is 4.64. The van der Waals surface area contributed by atoms with Crippen molar-refractivity contribution < 1.29 is 4.74 Å². The van der Waals surface area contributed by atoms with Crippen molar-refractivity contribution >= 4 is 21.6 Å². The van der Waals surface area contributed by atoms with Crippen molar-refractivity contribution in [3.63, 3.8) is 0 Å². The van der Waals surface area contributed by atoms with E-state index in [2.05, 4.69) is 23.4 Å². The van der Waals surface area contributed by atoms with Gasteiger partial charge in [0.25, 0.3) is 5.56 Å². The molecule has 0 N–H and O–H groups in total. The molecule has 0 atom stereocenters. The lowest BCUT2D eigenvalue weighted by Crippen LogP contribution is -2.36. The Balaban J connectivity index is 1.73. The number of benzene rings is 2. The number of aryl methyl sites for hydroxylation is 1. The van der Waals surface area contributed by atoms with Crippen LogP contribution in [0.5, 0.6) is 5.75 Å². The Kier molecular flexibility index (Phi) is 5.57. The second-order valence-electron chi connectivity index (χ2n) is 8.52. The Morgan fingerprint density at radius 1 is 1.06 bits per heavy atom. The van der Waals surface area contributed by atoms with E-state index in [1.807, 2.05) is 54.0 Å². The van der Waals surface area contributed by atoms with Gasteiger partial charge in [-0.15, -0.1) is 11.3 Å². The SMILES string of the molecule is COc1ccc(-c2csc3nc(-c4ccccc4)n(C4CCN(C)CC4)c(=O)c23)cc1C. The molecule has 2 aromatic carbocycles. The molecule has 1 fully saturated rings. The van der Waals surface area contributed by atoms with Gasteiger partial charge in [0.15, 0.2) is 0 Å². The summed E-state index contributed by atoms with van der Waals surface area (Å²) in [5, 5.41) is 2.78. The molecule has 0 bridgehead atoms. The number of hydrogen-bond acceptors (Lipinski definition) is 5. The molecule has 1 aliphatic rings. The first-order valence-corrected chi connectivity index (χ1v) is 11.9. The molecule has 0 saturated carbocycles. The minimum absolute atomic E-state index is 0.0631. The summed E-state index contributed by atoms with van der Waals surface area (Å²) in [6.45, 7) is 3.99. The largest absolute Gasteiger partial charge is 0.496 e. The van der Waals surface area contributed by atoms with Gasteiger partial charge < -0.3 is 9.64 Å². The molecule has 6 heteroatoms. The van der Waals surface area contributed by atoms with Gasteiger partial charge in [-0.3, -0.25) is 9.36 Å². The van der Waals surface area contributed by atoms with Crippen molar-refractivity contribution in [1.29, 1.82) is 0 Å². The number of rotatable bonds is 4. The quantitative estimate of drug-likeness (QED) is 0.423. The third-order valence-electron chi connectivity index (χ3n) is 6.43.